The van der Waals surface area contributed by atoms with Crippen molar-refractivity contribution >= 4 is 5.78 Å². The van der Waals surface area contributed by atoms with E-state index in [2.05, 4.69) is 63.4 Å². The number of hydrogen-bond donors (Lipinski definition) is 1. The lowest BCUT2D eigenvalue weighted by molar-refractivity contribution is -0.114. The zero-order valence-electron chi connectivity index (χ0n) is 25.3. The minimum absolute atomic E-state index is 0.217. The van der Waals surface area contributed by atoms with E-state index >= 15 is 0 Å². The number of carbonyl (C=O) groups excluding carboxylic acids is 1. The quantitative estimate of drug-likeness (QED) is 0.189. The van der Waals surface area contributed by atoms with Crippen LogP contribution >= 0.6 is 0 Å². The molecule has 2 aliphatic carbocycles. The summed E-state index contributed by atoms with van der Waals surface area (Å²) in [6.45, 7) is 15.3. The molecule has 3 aromatic carbocycles. The number of carbonyl (C=O) groups is 1. The summed E-state index contributed by atoms with van der Waals surface area (Å²) < 4.78 is 7.04. The Morgan fingerprint density at radius 3 is 1.95 bits per heavy atom. The molecule has 5 rings (SSSR count). The fraction of sp³-hybridized carbons (Fsp3) is 0.359. The molecular weight excluding hydrogens is 516 g/mol. The summed E-state index contributed by atoms with van der Waals surface area (Å²) in [7, 11) is 0. The number of aliphatic hydroxyl groups excluding tert-OH is 1. The van der Waals surface area contributed by atoms with Gasteiger partial charge in [-0.05, 0) is 60.8 Å². The molecule has 42 heavy (non-hydrogen) atoms. The molecule has 0 spiro atoms. The highest BCUT2D eigenvalue weighted by Gasteiger charge is 2.52. The molecule has 0 radical (unpaired) electrons. The standard InChI is InChI=1S/C39H44O3/c1-6-37(5,36(41)30(4)38-24-22-28(2)29(3)35(38)34(40)23-25-38)26-27-42-39(31-16-10-7-11-17-31,32-18-12-8-13-19-32)33-20-14-9-15-21-33/h6-21,28,36,41H,1,4,22-27H2,2-3,5H3/t28?,36?,37-,38?/m1/s1. The van der Waals surface area contributed by atoms with E-state index in [4.69, 9.17) is 4.74 Å². The molecule has 3 nitrogen and oxygen atoms in total. The summed E-state index contributed by atoms with van der Waals surface area (Å²) in [5, 5.41) is 12.0. The van der Waals surface area contributed by atoms with Gasteiger partial charge in [0.1, 0.15) is 5.60 Å². The number of aliphatic hydroxyl groups is 1. The van der Waals surface area contributed by atoms with Crippen LogP contribution in [0.3, 0.4) is 0 Å². The fourth-order valence-corrected chi connectivity index (χ4v) is 7.30. The number of ether oxygens (including phenoxy) is 1. The molecule has 0 aromatic heterocycles. The molecule has 1 fully saturated rings. The molecule has 0 bridgehead atoms. The van der Waals surface area contributed by atoms with Crippen molar-refractivity contribution in [3.8, 4) is 0 Å². The Hall–Kier alpha value is -3.53. The van der Waals surface area contributed by atoms with E-state index in [1.165, 1.54) is 5.57 Å². The van der Waals surface area contributed by atoms with E-state index < -0.39 is 22.5 Å². The predicted octanol–water partition coefficient (Wildman–Crippen LogP) is 8.59. The minimum Gasteiger partial charge on any atom is -0.388 e. The number of fused-ring (bicyclic) bond motifs is 1. The molecule has 1 saturated carbocycles. The Balaban J connectivity index is 1.47. The second-order valence-electron chi connectivity index (χ2n) is 12.5. The molecule has 1 N–H and O–H groups in total. The zero-order valence-corrected chi connectivity index (χ0v) is 25.3. The van der Waals surface area contributed by atoms with Crippen LogP contribution in [0.15, 0.2) is 127 Å². The summed E-state index contributed by atoms with van der Waals surface area (Å²) in [4.78, 5) is 13.1. The molecule has 4 atom stereocenters. The average molecular weight is 561 g/mol. The first-order valence-corrected chi connectivity index (χ1v) is 15.3. The maximum absolute atomic E-state index is 13.1. The van der Waals surface area contributed by atoms with E-state index in [0.717, 1.165) is 47.1 Å². The lowest BCUT2D eigenvalue weighted by Crippen LogP contribution is -2.42. The van der Waals surface area contributed by atoms with Crippen molar-refractivity contribution in [1.29, 1.82) is 0 Å². The molecule has 3 aromatic rings. The van der Waals surface area contributed by atoms with Gasteiger partial charge in [0.05, 0.1) is 6.10 Å². The molecule has 0 heterocycles. The van der Waals surface area contributed by atoms with Crippen LogP contribution in [0.1, 0.15) is 69.6 Å². The van der Waals surface area contributed by atoms with Crippen molar-refractivity contribution in [3.05, 3.63) is 144 Å². The molecule has 0 saturated heterocycles. The average Bonchev–Trinajstić information content (AvgIpc) is 3.39. The van der Waals surface area contributed by atoms with Crippen molar-refractivity contribution < 1.29 is 14.6 Å². The van der Waals surface area contributed by atoms with Gasteiger partial charge in [-0.3, -0.25) is 4.79 Å². The topological polar surface area (TPSA) is 46.5 Å². The number of rotatable bonds is 11. The van der Waals surface area contributed by atoms with Gasteiger partial charge in [0.25, 0.3) is 0 Å². The Kier molecular flexibility index (Phi) is 8.55. The van der Waals surface area contributed by atoms with Crippen LogP contribution in [0, 0.1) is 16.7 Å². The molecule has 0 aliphatic heterocycles. The second kappa shape index (κ2) is 12.0. The Morgan fingerprint density at radius 2 is 1.48 bits per heavy atom. The van der Waals surface area contributed by atoms with Crippen LogP contribution in [0.25, 0.3) is 0 Å². The van der Waals surface area contributed by atoms with Crippen molar-refractivity contribution in [1.82, 2.24) is 0 Å². The normalized spacial score (nSPS) is 22.8. The summed E-state index contributed by atoms with van der Waals surface area (Å²) in [6, 6.07) is 31.0. The van der Waals surface area contributed by atoms with Crippen LogP contribution in [-0.2, 0) is 15.1 Å². The highest BCUT2D eigenvalue weighted by atomic mass is 16.5. The van der Waals surface area contributed by atoms with Gasteiger partial charge >= 0.3 is 0 Å². The van der Waals surface area contributed by atoms with E-state index in [0.29, 0.717) is 25.4 Å². The van der Waals surface area contributed by atoms with E-state index in [1.807, 2.05) is 67.6 Å². The van der Waals surface area contributed by atoms with Gasteiger partial charge in [0.15, 0.2) is 5.78 Å². The number of benzene rings is 3. The van der Waals surface area contributed by atoms with Gasteiger partial charge < -0.3 is 9.84 Å². The van der Waals surface area contributed by atoms with Crippen LogP contribution in [0.4, 0.5) is 0 Å². The van der Waals surface area contributed by atoms with Crippen LogP contribution < -0.4 is 0 Å². The monoisotopic (exact) mass is 560 g/mol. The van der Waals surface area contributed by atoms with Crippen LogP contribution in [0.2, 0.25) is 0 Å². The van der Waals surface area contributed by atoms with Gasteiger partial charge in [-0.25, -0.2) is 0 Å². The summed E-state index contributed by atoms with van der Waals surface area (Å²) in [5.41, 5.74) is 3.94. The van der Waals surface area contributed by atoms with Gasteiger partial charge in [-0.15, -0.1) is 6.58 Å². The summed E-state index contributed by atoms with van der Waals surface area (Å²) in [6.07, 6.45) is 4.61. The Morgan fingerprint density at radius 1 is 0.976 bits per heavy atom. The molecular formula is C39H44O3. The first-order valence-electron chi connectivity index (χ1n) is 15.3. The zero-order chi connectivity index (χ0) is 30.0. The predicted molar refractivity (Wildman–Crippen MR) is 171 cm³/mol. The van der Waals surface area contributed by atoms with Crippen LogP contribution in [0.5, 0.6) is 0 Å². The molecule has 2 aliphatic rings. The maximum atomic E-state index is 13.1. The minimum atomic E-state index is -0.861. The van der Waals surface area contributed by atoms with Gasteiger partial charge in [-0.2, -0.15) is 0 Å². The lowest BCUT2D eigenvalue weighted by atomic mass is 9.61. The largest absolute Gasteiger partial charge is 0.388 e. The van der Waals surface area contributed by atoms with E-state index in [-0.39, 0.29) is 5.78 Å². The fourth-order valence-electron chi connectivity index (χ4n) is 7.30. The first kappa shape index (κ1) is 29.9. The van der Waals surface area contributed by atoms with Gasteiger partial charge in [0, 0.05) is 29.4 Å². The van der Waals surface area contributed by atoms with Crippen LogP contribution in [-0.4, -0.2) is 23.6 Å². The van der Waals surface area contributed by atoms with E-state index in [1.54, 1.807) is 0 Å². The van der Waals surface area contributed by atoms with Gasteiger partial charge in [-0.1, -0.05) is 123 Å². The molecule has 0 amide bonds. The SMILES string of the molecule is C=C[C@](C)(CCOC(c1ccccc1)(c1ccccc1)c1ccccc1)C(O)C(=C)C12CCC(=O)C1=C(C)C(C)CC2. The first-order chi connectivity index (χ1) is 20.2. The number of hydrogen-bond acceptors (Lipinski definition) is 3. The maximum Gasteiger partial charge on any atom is 0.159 e. The molecule has 3 heteroatoms. The van der Waals surface area contributed by atoms with Crippen molar-refractivity contribution in [2.75, 3.05) is 6.61 Å². The second-order valence-corrected chi connectivity index (χ2v) is 12.5. The molecule has 3 unspecified atom stereocenters. The number of ketones is 1. The highest BCUT2D eigenvalue weighted by Crippen LogP contribution is 2.57. The van der Waals surface area contributed by atoms with Crippen molar-refractivity contribution in [3.63, 3.8) is 0 Å². The summed E-state index contributed by atoms with van der Waals surface area (Å²) >= 11 is 0. The lowest BCUT2D eigenvalue weighted by Gasteiger charge is -2.45. The third-order valence-electron chi connectivity index (χ3n) is 10.2. The molecule has 218 valence electrons. The Labute approximate surface area is 251 Å². The van der Waals surface area contributed by atoms with Crippen molar-refractivity contribution in [2.24, 2.45) is 16.7 Å². The van der Waals surface area contributed by atoms with Gasteiger partial charge in [0.2, 0.25) is 0 Å². The smallest absolute Gasteiger partial charge is 0.159 e. The number of Topliss-reactive ketones (excluding diaryl/α,β-unsaturated/α-hetero) is 1. The highest BCUT2D eigenvalue weighted by molar-refractivity contribution is 6.01. The van der Waals surface area contributed by atoms with E-state index in [9.17, 15) is 9.90 Å². The third-order valence-corrected chi connectivity index (χ3v) is 10.2. The Bertz CT molecular complexity index is 1360. The third kappa shape index (κ3) is 5.03. The summed E-state index contributed by atoms with van der Waals surface area (Å²) in [5.74, 6) is 0.593. The number of allylic oxidation sites excluding steroid dienone is 2. The van der Waals surface area contributed by atoms with Crippen molar-refractivity contribution in [2.45, 2.75) is 64.6 Å².